The number of rotatable bonds is 6. The zero-order valence-electron chi connectivity index (χ0n) is 12.7. The Morgan fingerprint density at radius 3 is 2.71 bits per heavy atom. The first-order valence-electron chi connectivity index (χ1n) is 7.25. The maximum absolute atomic E-state index is 6.16. The van der Waals surface area contributed by atoms with Crippen molar-refractivity contribution in [3.63, 3.8) is 0 Å². The third kappa shape index (κ3) is 4.09. The standard InChI is InChI=1S/C16H21BrClN3/c1-4-12-9-13(21(3)20-12)10-16(19-5-2)14-8-11(18)6-7-15(14)17/h6-9,16,19H,4-5,10H2,1-3H3. The molecule has 0 radical (unpaired) electrons. The molecule has 1 N–H and O–H groups in total. The molecule has 0 aliphatic rings. The second-order valence-corrected chi connectivity index (χ2v) is 6.38. The Morgan fingerprint density at radius 2 is 2.10 bits per heavy atom. The highest BCUT2D eigenvalue weighted by Crippen LogP contribution is 2.29. The zero-order valence-corrected chi connectivity index (χ0v) is 15.0. The number of hydrogen-bond donors (Lipinski definition) is 1. The van der Waals surface area contributed by atoms with Crippen LogP contribution in [0, 0.1) is 0 Å². The monoisotopic (exact) mass is 369 g/mol. The van der Waals surface area contributed by atoms with Crippen LogP contribution >= 0.6 is 27.5 Å². The average Bonchev–Trinajstić information content (AvgIpc) is 2.82. The van der Waals surface area contributed by atoms with Crippen LogP contribution in [0.2, 0.25) is 5.02 Å². The maximum Gasteiger partial charge on any atom is 0.0624 e. The molecule has 1 aromatic heterocycles. The molecular formula is C16H21BrClN3. The van der Waals surface area contributed by atoms with Gasteiger partial charge in [-0.15, -0.1) is 0 Å². The van der Waals surface area contributed by atoms with Crippen molar-refractivity contribution in [2.45, 2.75) is 32.7 Å². The van der Waals surface area contributed by atoms with Gasteiger partial charge in [-0.05, 0) is 42.8 Å². The van der Waals surface area contributed by atoms with Crippen LogP contribution < -0.4 is 5.32 Å². The van der Waals surface area contributed by atoms with Gasteiger partial charge in [0.05, 0.1) is 5.69 Å². The molecular weight excluding hydrogens is 350 g/mol. The van der Waals surface area contributed by atoms with Crippen LogP contribution in [0.25, 0.3) is 0 Å². The zero-order chi connectivity index (χ0) is 15.4. The molecule has 3 nitrogen and oxygen atoms in total. The van der Waals surface area contributed by atoms with E-state index in [9.17, 15) is 0 Å². The second-order valence-electron chi connectivity index (χ2n) is 5.08. The number of halogens is 2. The first-order chi connectivity index (χ1) is 10.0. The Labute approximate surface area is 139 Å². The normalized spacial score (nSPS) is 12.6. The van der Waals surface area contributed by atoms with Crippen molar-refractivity contribution in [3.8, 4) is 0 Å². The summed E-state index contributed by atoms with van der Waals surface area (Å²) in [6, 6.07) is 8.32. The second kappa shape index (κ2) is 7.43. The van der Waals surface area contributed by atoms with Crippen LogP contribution in [-0.4, -0.2) is 16.3 Å². The minimum Gasteiger partial charge on any atom is -0.310 e. The topological polar surface area (TPSA) is 29.9 Å². The number of benzene rings is 1. The van der Waals surface area contributed by atoms with Gasteiger partial charge in [0.1, 0.15) is 0 Å². The van der Waals surface area contributed by atoms with E-state index in [0.29, 0.717) is 0 Å². The molecule has 1 atom stereocenters. The minimum atomic E-state index is 0.211. The molecule has 114 valence electrons. The molecule has 2 aromatic rings. The first kappa shape index (κ1) is 16.5. The van der Waals surface area contributed by atoms with Crippen LogP contribution in [0.3, 0.4) is 0 Å². The molecule has 0 bridgehead atoms. The summed E-state index contributed by atoms with van der Waals surface area (Å²) in [6.07, 6.45) is 1.84. The van der Waals surface area contributed by atoms with Crippen molar-refractivity contribution in [1.82, 2.24) is 15.1 Å². The molecule has 1 aromatic carbocycles. The molecule has 0 spiro atoms. The molecule has 21 heavy (non-hydrogen) atoms. The van der Waals surface area contributed by atoms with Gasteiger partial charge in [-0.1, -0.05) is 41.4 Å². The van der Waals surface area contributed by atoms with Crippen molar-refractivity contribution < 1.29 is 0 Å². The van der Waals surface area contributed by atoms with Gasteiger partial charge in [-0.2, -0.15) is 5.10 Å². The summed E-state index contributed by atoms with van der Waals surface area (Å²) in [5, 5.41) is 8.83. The molecule has 0 fully saturated rings. The Hall–Kier alpha value is -0.840. The molecule has 0 aliphatic carbocycles. The van der Waals surface area contributed by atoms with E-state index in [1.165, 1.54) is 11.3 Å². The van der Waals surface area contributed by atoms with Crippen molar-refractivity contribution in [3.05, 3.63) is 50.7 Å². The van der Waals surface area contributed by atoms with Gasteiger partial charge in [0.15, 0.2) is 0 Å². The molecule has 0 saturated carbocycles. The quantitative estimate of drug-likeness (QED) is 0.822. The average molecular weight is 371 g/mol. The van der Waals surface area contributed by atoms with E-state index < -0.39 is 0 Å². The van der Waals surface area contributed by atoms with Gasteiger partial charge in [0.25, 0.3) is 0 Å². The van der Waals surface area contributed by atoms with E-state index in [2.05, 4.69) is 46.3 Å². The smallest absolute Gasteiger partial charge is 0.0624 e. The minimum absolute atomic E-state index is 0.211. The van der Waals surface area contributed by atoms with Gasteiger partial charge >= 0.3 is 0 Å². The number of nitrogens with one attached hydrogen (secondary N) is 1. The van der Waals surface area contributed by atoms with Crippen LogP contribution in [0.4, 0.5) is 0 Å². The number of nitrogens with zero attached hydrogens (tertiary/aromatic N) is 2. The Balaban J connectivity index is 2.30. The summed E-state index contributed by atoms with van der Waals surface area (Å²) in [5.41, 5.74) is 3.54. The van der Waals surface area contributed by atoms with E-state index in [-0.39, 0.29) is 6.04 Å². The Bertz CT molecular complexity index is 610. The van der Waals surface area contributed by atoms with E-state index >= 15 is 0 Å². The largest absolute Gasteiger partial charge is 0.310 e. The third-order valence-corrected chi connectivity index (χ3v) is 4.54. The summed E-state index contributed by atoms with van der Waals surface area (Å²) >= 11 is 9.79. The summed E-state index contributed by atoms with van der Waals surface area (Å²) in [7, 11) is 2.00. The molecule has 0 saturated heterocycles. The van der Waals surface area contributed by atoms with Gasteiger partial charge < -0.3 is 5.32 Å². The van der Waals surface area contributed by atoms with Gasteiger partial charge in [0, 0.05) is 34.7 Å². The van der Waals surface area contributed by atoms with E-state index in [4.69, 9.17) is 11.6 Å². The van der Waals surface area contributed by atoms with Crippen molar-refractivity contribution in [2.75, 3.05) is 6.54 Å². The van der Waals surface area contributed by atoms with E-state index in [1.807, 2.05) is 29.9 Å². The summed E-state index contributed by atoms with van der Waals surface area (Å²) < 4.78 is 3.05. The molecule has 0 aliphatic heterocycles. The summed E-state index contributed by atoms with van der Waals surface area (Å²) in [5.74, 6) is 0. The Morgan fingerprint density at radius 1 is 1.33 bits per heavy atom. The fourth-order valence-electron chi connectivity index (χ4n) is 2.46. The number of aromatic nitrogens is 2. The van der Waals surface area contributed by atoms with Crippen LogP contribution in [0.15, 0.2) is 28.7 Å². The van der Waals surface area contributed by atoms with E-state index in [0.717, 1.165) is 34.6 Å². The summed E-state index contributed by atoms with van der Waals surface area (Å²) in [4.78, 5) is 0. The third-order valence-electron chi connectivity index (χ3n) is 3.59. The SMILES string of the molecule is CCNC(Cc1cc(CC)nn1C)c1cc(Cl)ccc1Br. The van der Waals surface area contributed by atoms with Gasteiger partial charge in [-0.25, -0.2) is 0 Å². The van der Waals surface area contributed by atoms with Crippen molar-refractivity contribution >= 4 is 27.5 Å². The number of hydrogen-bond acceptors (Lipinski definition) is 2. The highest BCUT2D eigenvalue weighted by atomic mass is 79.9. The number of aryl methyl sites for hydroxylation is 2. The van der Waals surface area contributed by atoms with Crippen molar-refractivity contribution in [2.24, 2.45) is 7.05 Å². The maximum atomic E-state index is 6.16. The lowest BCUT2D eigenvalue weighted by Crippen LogP contribution is -2.24. The lowest BCUT2D eigenvalue weighted by Gasteiger charge is -2.20. The van der Waals surface area contributed by atoms with Crippen LogP contribution in [-0.2, 0) is 19.9 Å². The molecule has 1 heterocycles. The fraction of sp³-hybridized carbons (Fsp3) is 0.438. The molecule has 0 amide bonds. The molecule has 2 rings (SSSR count). The van der Waals surface area contributed by atoms with E-state index in [1.54, 1.807) is 0 Å². The summed E-state index contributed by atoms with van der Waals surface area (Å²) in [6.45, 7) is 5.15. The Kier molecular flexibility index (Phi) is 5.85. The van der Waals surface area contributed by atoms with Crippen molar-refractivity contribution in [1.29, 1.82) is 0 Å². The highest BCUT2D eigenvalue weighted by Gasteiger charge is 2.17. The highest BCUT2D eigenvalue weighted by molar-refractivity contribution is 9.10. The predicted molar refractivity (Wildman–Crippen MR) is 91.9 cm³/mol. The predicted octanol–water partition coefficient (Wildman–Crippen LogP) is 4.29. The number of likely N-dealkylation sites (N-methyl/N-ethyl adjacent to an activating group) is 1. The molecule has 1 unspecified atom stereocenters. The molecule has 5 heteroatoms. The van der Waals surface area contributed by atoms with Gasteiger partial charge in [0.2, 0.25) is 0 Å². The fourth-order valence-corrected chi connectivity index (χ4v) is 3.17. The first-order valence-corrected chi connectivity index (χ1v) is 8.42. The lowest BCUT2D eigenvalue weighted by atomic mass is 10.0. The van der Waals surface area contributed by atoms with Crippen LogP contribution in [0.5, 0.6) is 0 Å². The van der Waals surface area contributed by atoms with Crippen LogP contribution in [0.1, 0.15) is 36.8 Å². The van der Waals surface area contributed by atoms with Gasteiger partial charge in [-0.3, -0.25) is 4.68 Å². The lowest BCUT2D eigenvalue weighted by molar-refractivity contribution is 0.527.